The molecule has 1 saturated heterocycles. The molecule has 178 valence electrons. The zero-order valence-electron chi connectivity index (χ0n) is 20.4. The zero-order valence-corrected chi connectivity index (χ0v) is 22.1. The van der Waals surface area contributed by atoms with Crippen molar-refractivity contribution in [3.63, 3.8) is 0 Å². The van der Waals surface area contributed by atoms with Crippen molar-refractivity contribution in [1.82, 2.24) is 4.90 Å². The summed E-state index contributed by atoms with van der Waals surface area (Å²) in [6.45, 7) is 17.6. The van der Waals surface area contributed by atoms with Gasteiger partial charge in [-0.2, -0.15) is 0 Å². The first-order chi connectivity index (χ1) is 13.7. The first kappa shape index (κ1) is 28.0. The van der Waals surface area contributed by atoms with E-state index >= 15 is 0 Å². The number of carbonyl (C=O) groups is 1. The molecule has 6 nitrogen and oxygen atoms in total. The maximum Gasteiger partial charge on any atom is 0.311 e. The van der Waals surface area contributed by atoms with Crippen LogP contribution in [0.2, 0.25) is 0 Å². The number of hydrogen-bond donors (Lipinski definition) is 0. The lowest BCUT2D eigenvalue weighted by molar-refractivity contribution is -0.153. The monoisotopic (exact) mass is 465 g/mol. The molecule has 0 bridgehead atoms. The van der Waals surface area contributed by atoms with Crippen molar-refractivity contribution in [1.29, 1.82) is 0 Å². The molecule has 1 unspecified atom stereocenters. The predicted octanol–water partition coefficient (Wildman–Crippen LogP) is 5.46. The fourth-order valence-corrected chi connectivity index (χ4v) is 8.94. The Hall–Kier alpha value is -0.0700. The number of ether oxygens (including phenoxy) is 2. The van der Waals surface area contributed by atoms with Crippen molar-refractivity contribution < 1.29 is 23.4 Å². The molecule has 1 fully saturated rings. The molecule has 1 aliphatic rings. The van der Waals surface area contributed by atoms with E-state index in [2.05, 4.69) is 25.7 Å². The summed E-state index contributed by atoms with van der Waals surface area (Å²) in [5.41, 5.74) is -1.09. The van der Waals surface area contributed by atoms with Crippen molar-refractivity contribution in [2.45, 2.75) is 73.8 Å². The van der Waals surface area contributed by atoms with E-state index in [1.165, 1.54) is 11.4 Å². The Bertz CT molecular complexity index is 583. The van der Waals surface area contributed by atoms with Gasteiger partial charge in [-0.05, 0) is 52.5 Å². The molecule has 0 aromatic heterocycles. The van der Waals surface area contributed by atoms with Crippen LogP contribution in [0.15, 0.2) is 0 Å². The highest BCUT2D eigenvalue weighted by Gasteiger charge is 2.36. The molecule has 0 aromatic carbocycles. The zero-order chi connectivity index (χ0) is 23.1. The minimum absolute atomic E-state index is 0.107. The molecule has 1 rings (SSSR count). The van der Waals surface area contributed by atoms with E-state index < -0.39 is 17.6 Å². The van der Waals surface area contributed by atoms with Crippen molar-refractivity contribution in [3.8, 4) is 0 Å². The molecular weight excluding hydrogens is 421 g/mol. The first-order valence-electron chi connectivity index (χ1n) is 11.1. The fourth-order valence-electron chi connectivity index (χ4n) is 3.00. The van der Waals surface area contributed by atoms with Crippen LogP contribution in [0.4, 0.5) is 0 Å². The van der Waals surface area contributed by atoms with Crippen LogP contribution in [0, 0.1) is 10.8 Å². The molecule has 0 aromatic rings. The minimum Gasteiger partial charge on any atom is -0.464 e. The lowest BCUT2D eigenvalue weighted by atomic mass is 9.89. The van der Waals surface area contributed by atoms with Gasteiger partial charge < -0.3 is 14.0 Å². The van der Waals surface area contributed by atoms with Crippen LogP contribution in [0.25, 0.3) is 0 Å². The first-order valence-corrected chi connectivity index (χ1v) is 14.5. The highest BCUT2D eigenvalue weighted by molar-refractivity contribution is 8.56. The number of hydrogen-bond acceptors (Lipinski definition) is 7. The van der Waals surface area contributed by atoms with Gasteiger partial charge in [0.05, 0.1) is 24.2 Å². The van der Waals surface area contributed by atoms with Gasteiger partial charge in [-0.25, -0.2) is 0 Å². The van der Waals surface area contributed by atoms with Gasteiger partial charge in [-0.1, -0.05) is 39.1 Å². The molecule has 0 amide bonds. The SMILES string of the molecule is CCC(C)(C)OP(=O)(CC(C)(C)C)SCCOC(=O)C(C)(C)CCN1CCOCC1. The minimum atomic E-state index is -2.90. The van der Waals surface area contributed by atoms with Crippen LogP contribution in [-0.4, -0.2) is 67.8 Å². The summed E-state index contributed by atoms with van der Waals surface area (Å²) in [7, 11) is 0. The molecule has 30 heavy (non-hydrogen) atoms. The maximum absolute atomic E-state index is 13.5. The lowest BCUT2D eigenvalue weighted by Gasteiger charge is -2.33. The third-order valence-corrected chi connectivity index (χ3v) is 10.4. The summed E-state index contributed by atoms with van der Waals surface area (Å²) in [4.78, 5) is 14.9. The number of nitrogens with zero attached hydrogens (tertiary/aromatic N) is 1. The topological polar surface area (TPSA) is 65.1 Å². The number of esters is 1. The van der Waals surface area contributed by atoms with Gasteiger partial charge >= 0.3 is 5.97 Å². The third kappa shape index (κ3) is 11.0. The van der Waals surface area contributed by atoms with E-state index in [0.29, 0.717) is 11.9 Å². The predicted molar refractivity (Wildman–Crippen MR) is 126 cm³/mol. The Kier molecular flexibility index (Phi) is 10.9. The molecule has 0 aliphatic carbocycles. The van der Waals surface area contributed by atoms with Crippen LogP contribution in [0.3, 0.4) is 0 Å². The normalized spacial score (nSPS) is 18.8. The van der Waals surface area contributed by atoms with E-state index in [1.807, 2.05) is 34.6 Å². The van der Waals surface area contributed by atoms with Crippen LogP contribution >= 0.6 is 18.0 Å². The van der Waals surface area contributed by atoms with E-state index in [9.17, 15) is 9.36 Å². The molecule has 1 heterocycles. The van der Waals surface area contributed by atoms with Gasteiger partial charge in [0.25, 0.3) is 6.57 Å². The average Bonchev–Trinajstić information content (AvgIpc) is 2.62. The summed E-state index contributed by atoms with van der Waals surface area (Å²) in [6.07, 6.45) is 2.02. The largest absolute Gasteiger partial charge is 0.464 e. The van der Waals surface area contributed by atoms with Gasteiger partial charge in [0.1, 0.15) is 6.61 Å². The molecule has 0 saturated carbocycles. The molecule has 0 spiro atoms. The number of morpholine rings is 1. The average molecular weight is 466 g/mol. The van der Waals surface area contributed by atoms with Crippen LogP contribution in [-0.2, 0) is 23.4 Å². The number of rotatable bonds is 12. The Labute approximate surface area is 188 Å². The lowest BCUT2D eigenvalue weighted by Crippen LogP contribution is -2.39. The Morgan fingerprint density at radius 3 is 2.23 bits per heavy atom. The second kappa shape index (κ2) is 11.7. The Morgan fingerprint density at radius 2 is 1.70 bits per heavy atom. The highest BCUT2D eigenvalue weighted by atomic mass is 32.7. The molecule has 0 radical (unpaired) electrons. The van der Waals surface area contributed by atoms with Gasteiger partial charge in [-0.15, -0.1) is 0 Å². The molecule has 1 aliphatic heterocycles. The third-order valence-electron chi connectivity index (χ3n) is 5.22. The van der Waals surface area contributed by atoms with Crippen molar-refractivity contribution in [3.05, 3.63) is 0 Å². The van der Waals surface area contributed by atoms with Crippen molar-refractivity contribution in [2.75, 3.05) is 51.4 Å². The Balaban J connectivity index is 2.51. The second-order valence-corrected chi connectivity index (χ2v) is 15.4. The van der Waals surface area contributed by atoms with Gasteiger partial charge in [0, 0.05) is 25.0 Å². The second-order valence-electron chi connectivity index (χ2n) is 10.6. The Morgan fingerprint density at radius 1 is 1.10 bits per heavy atom. The summed E-state index contributed by atoms with van der Waals surface area (Å²) in [5.74, 6) is 0.273. The van der Waals surface area contributed by atoms with Crippen LogP contribution < -0.4 is 0 Å². The van der Waals surface area contributed by atoms with E-state index in [0.717, 1.165) is 45.7 Å². The van der Waals surface area contributed by atoms with Crippen molar-refractivity contribution >= 4 is 23.9 Å². The number of carbonyl (C=O) groups excluding carboxylic acids is 1. The van der Waals surface area contributed by atoms with Gasteiger partial charge in [0.2, 0.25) is 0 Å². The molecule has 1 atom stereocenters. The summed E-state index contributed by atoms with van der Waals surface area (Å²) >= 11 is 1.32. The molecular formula is C22H44NO5PS. The quantitative estimate of drug-likeness (QED) is 0.215. The highest BCUT2D eigenvalue weighted by Crippen LogP contribution is 2.64. The standard InChI is InChI=1S/C22H44NO5PS/c1-9-22(7,8)28-29(25,18-20(2,3)4)30-17-16-27-19(24)21(5,6)10-11-23-12-14-26-15-13-23/h9-18H2,1-8H3. The molecule has 8 heteroatoms. The van der Waals surface area contributed by atoms with Gasteiger partial charge in [-0.3, -0.25) is 14.3 Å². The molecule has 0 N–H and O–H groups in total. The van der Waals surface area contributed by atoms with Crippen LogP contribution in [0.5, 0.6) is 0 Å². The van der Waals surface area contributed by atoms with E-state index in [4.69, 9.17) is 14.0 Å². The fraction of sp³-hybridized carbons (Fsp3) is 0.955. The smallest absolute Gasteiger partial charge is 0.311 e. The summed E-state index contributed by atoms with van der Waals surface area (Å²) in [5, 5.41) is 0. The van der Waals surface area contributed by atoms with E-state index in [-0.39, 0.29) is 18.0 Å². The van der Waals surface area contributed by atoms with E-state index in [1.54, 1.807) is 0 Å². The van der Waals surface area contributed by atoms with Crippen LogP contribution in [0.1, 0.15) is 68.2 Å². The maximum atomic E-state index is 13.5. The summed E-state index contributed by atoms with van der Waals surface area (Å²) < 4.78 is 30.5. The summed E-state index contributed by atoms with van der Waals surface area (Å²) in [6, 6.07) is 0. The van der Waals surface area contributed by atoms with Gasteiger partial charge in [0.15, 0.2) is 0 Å². The van der Waals surface area contributed by atoms with Crippen molar-refractivity contribution in [2.24, 2.45) is 10.8 Å².